The van der Waals surface area contributed by atoms with Gasteiger partial charge in [-0.05, 0) is 6.92 Å². The molecule has 2 heterocycles. The Bertz CT molecular complexity index is 637. The number of anilines is 1. The number of rotatable bonds is 5. The fourth-order valence-electron chi connectivity index (χ4n) is 1.47. The van der Waals surface area contributed by atoms with Crippen molar-refractivity contribution >= 4 is 21.5 Å². The zero-order valence-electron chi connectivity index (χ0n) is 10.1. The van der Waals surface area contributed by atoms with E-state index in [2.05, 4.69) is 14.7 Å². The maximum atomic E-state index is 11.8. The van der Waals surface area contributed by atoms with E-state index in [1.165, 1.54) is 13.3 Å². The van der Waals surface area contributed by atoms with E-state index in [4.69, 9.17) is 4.74 Å². The first kappa shape index (κ1) is 12.8. The Morgan fingerprint density at radius 2 is 2.28 bits per heavy atom. The van der Waals surface area contributed by atoms with Gasteiger partial charge in [-0.2, -0.15) is 0 Å². The Morgan fingerprint density at radius 3 is 3.00 bits per heavy atom. The van der Waals surface area contributed by atoms with E-state index in [0.29, 0.717) is 11.5 Å². The van der Waals surface area contributed by atoms with Crippen molar-refractivity contribution in [2.75, 3.05) is 17.6 Å². The van der Waals surface area contributed by atoms with Crippen molar-refractivity contribution in [1.82, 2.24) is 14.4 Å². The van der Waals surface area contributed by atoms with Crippen LogP contribution >= 0.6 is 0 Å². The quantitative estimate of drug-likeness (QED) is 0.855. The van der Waals surface area contributed by atoms with E-state index in [9.17, 15) is 8.42 Å². The highest BCUT2D eigenvalue weighted by Crippen LogP contribution is 2.09. The number of imidazole rings is 1. The molecule has 98 valence electrons. The van der Waals surface area contributed by atoms with Gasteiger partial charge in [-0.15, -0.1) is 0 Å². The minimum Gasteiger partial charge on any atom is -0.381 e. The van der Waals surface area contributed by atoms with Crippen molar-refractivity contribution in [2.24, 2.45) is 0 Å². The van der Waals surface area contributed by atoms with Gasteiger partial charge in [0.2, 0.25) is 15.8 Å². The molecule has 0 aromatic carbocycles. The second-order valence-electron chi connectivity index (χ2n) is 3.91. The molecule has 7 nitrogen and oxygen atoms in total. The van der Waals surface area contributed by atoms with E-state index < -0.39 is 10.0 Å². The van der Waals surface area contributed by atoms with E-state index >= 15 is 0 Å². The Morgan fingerprint density at radius 1 is 1.50 bits per heavy atom. The molecular weight excluding hydrogens is 256 g/mol. The number of ether oxygens (including phenoxy) is 1. The maximum Gasteiger partial charge on any atom is 0.235 e. The number of methoxy groups -OCH3 is 1. The molecule has 0 saturated carbocycles. The molecular formula is C10H14N4O3S. The van der Waals surface area contributed by atoms with Crippen LogP contribution in [0, 0.1) is 0 Å². The lowest BCUT2D eigenvalue weighted by molar-refractivity contribution is 0.136. The van der Waals surface area contributed by atoms with Crippen molar-refractivity contribution in [3.63, 3.8) is 0 Å². The average molecular weight is 270 g/mol. The van der Waals surface area contributed by atoms with Crippen LogP contribution in [0.3, 0.4) is 0 Å². The van der Waals surface area contributed by atoms with Gasteiger partial charge < -0.3 is 4.74 Å². The van der Waals surface area contributed by atoms with Crippen molar-refractivity contribution in [2.45, 2.75) is 13.0 Å². The summed E-state index contributed by atoms with van der Waals surface area (Å²) in [5.41, 5.74) is 0.392. The van der Waals surface area contributed by atoms with Gasteiger partial charge in [0.25, 0.3) is 0 Å². The largest absolute Gasteiger partial charge is 0.381 e. The van der Waals surface area contributed by atoms with Gasteiger partial charge in [-0.1, -0.05) is 0 Å². The molecule has 0 fully saturated rings. The summed E-state index contributed by atoms with van der Waals surface area (Å²) in [6.45, 7) is 1.69. The molecule has 0 aliphatic heterocycles. The summed E-state index contributed by atoms with van der Waals surface area (Å²) >= 11 is 0. The number of nitrogens with one attached hydrogen (secondary N) is 1. The lowest BCUT2D eigenvalue weighted by Gasteiger charge is -2.11. The first-order valence-corrected chi connectivity index (χ1v) is 6.97. The molecule has 0 aliphatic carbocycles. The van der Waals surface area contributed by atoms with Crippen LogP contribution in [-0.4, -0.2) is 41.8 Å². The van der Waals surface area contributed by atoms with Crippen LogP contribution in [-0.2, 0) is 14.8 Å². The molecule has 18 heavy (non-hydrogen) atoms. The Hall–Kier alpha value is -1.67. The predicted molar refractivity (Wildman–Crippen MR) is 66.9 cm³/mol. The Balaban J connectivity index is 2.17. The Labute approximate surface area is 105 Å². The maximum absolute atomic E-state index is 11.8. The van der Waals surface area contributed by atoms with Gasteiger partial charge in [0, 0.05) is 25.7 Å². The molecule has 2 aromatic heterocycles. The number of fused-ring (bicyclic) bond motifs is 1. The highest BCUT2D eigenvalue weighted by molar-refractivity contribution is 7.92. The minimum absolute atomic E-state index is 0.106. The minimum atomic E-state index is -3.45. The molecule has 0 radical (unpaired) electrons. The van der Waals surface area contributed by atoms with Crippen molar-refractivity contribution in [3.05, 3.63) is 24.8 Å². The summed E-state index contributed by atoms with van der Waals surface area (Å²) in [5, 5.41) is 0. The molecule has 0 bridgehead atoms. The predicted octanol–water partition coefficient (Wildman–Crippen LogP) is 0.506. The number of hydrogen-bond donors (Lipinski definition) is 1. The topological polar surface area (TPSA) is 85.6 Å². The SMILES string of the molecule is COC(C)CS(=O)(=O)Nc1cnc2nccn2c1. The normalized spacial score (nSPS) is 13.7. The summed E-state index contributed by atoms with van der Waals surface area (Å²) in [7, 11) is -1.97. The van der Waals surface area contributed by atoms with Crippen LogP contribution in [0.15, 0.2) is 24.8 Å². The highest BCUT2D eigenvalue weighted by Gasteiger charge is 2.15. The summed E-state index contributed by atoms with van der Waals surface area (Å²) < 4.78 is 32.6. The second-order valence-corrected chi connectivity index (χ2v) is 5.67. The molecule has 2 aromatic rings. The van der Waals surface area contributed by atoms with Gasteiger partial charge in [0.15, 0.2) is 0 Å². The molecule has 1 N–H and O–H groups in total. The number of sulfonamides is 1. The third-order valence-electron chi connectivity index (χ3n) is 2.38. The third-order valence-corrected chi connectivity index (χ3v) is 3.83. The lowest BCUT2D eigenvalue weighted by Crippen LogP contribution is -2.25. The summed E-state index contributed by atoms with van der Waals surface area (Å²) in [4.78, 5) is 7.99. The molecule has 0 saturated heterocycles. The molecule has 2 rings (SSSR count). The first-order valence-electron chi connectivity index (χ1n) is 5.32. The molecule has 0 amide bonds. The zero-order chi connectivity index (χ0) is 13.2. The van der Waals surface area contributed by atoms with Gasteiger partial charge in [0.05, 0.1) is 23.7 Å². The molecule has 8 heteroatoms. The summed E-state index contributed by atoms with van der Waals surface area (Å²) in [6.07, 6.45) is 5.96. The molecule has 1 unspecified atom stereocenters. The fraction of sp³-hybridized carbons (Fsp3) is 0.400. The number of nitrogens with zero attached hydrogens (tertiary/aromatic N) is 3. The van der Waals surface area contributed by atoms with E-state index in [1.54, 1.807) is 29.9 Å². The Kier molecular flexibility index (Phi) is 3.48. The number of aromatic nitrogens is 3. The van der Waals surface area contributed by atoms with E-state index in [-0.39, 0.29) is 11.9 Å². The smallest absolute Gasteiger partial charge is 0.235 e. The van der Waals surface area contributed by atoms with Crippen LogP contribution in [0.5, 0.6) is 0 Å². The first-order chi connectivity index (χ1) is 8.50. The zero-order valence-corrected chi connectivity index (χ0v) is 10.9. The monoisotopic (exact) mass is 270 g/mol. The standard InChI is InChI=1S/C10H14N4O3S/c1-8(17-2)7-18(15,16)13-9-5-12-10-11-3-4-14(10)6-9/h3-6,8,13H,7H2,1-2H3. The van der Waals surface area contributed by atoms with Crippen molar-refractivity contribution in [1.29, 1.82) is 0 Å². The van der Waals surface area contributed by atoms with Crippen LogP contribution in [0.2, 0.25) is 0 Å². The second kappa shape index (κ2) is 4.91. The van der Waals surface area contributed by atoms with Crippen molar-refractivity contribution < 1.29 is 13.2 Å². The molecule has 0 aliphatic rings. The van der Waals surface area contributed by atoms with Crippen LogP contribution in [0.4, 0.5) is 5.69 Å². The van der Waals surface area contributed by atoms with Gasteiger partial charge in [-0.3, -0.25) is 9.12 Å². The van der Waals surface area contributed by atoms with Crippen LogP contribution < -0.4 is 4.72 Å². The van der Waals surface area contributed by atoms with Crippen LogP contribution in [0.1, 0.15) is 6.92 Å². The molecule has 1 atom stereocenters. The average Bonchev–Trinajstić information content (AvgIpc) is 2.74. The summed E-state index contributed by atoms with van der Waals surface area (Å²) in [6, 6.07) is 0. The van der Waals surface area contributed by atoms with E-state index in [0.717, 1.165) is 0 Å². The van der Waals surface area contributed by atoms with Gasteiger partial charge in [0.1, 0.15) is 0 Å². The van der Waals surface area contributed by atoms with Gasteiger partial charge >= 0.3 is 0 Å². The highest BCUT2D eigenvalue weighted by atomic mass is 32.2. The number of hydrogen-bond acceptors (Lipinski definition) is 5. The van der Waals surface area contributed by atoms with Crippen molar-refractivity contribution in [3.8, 4) is 0 Å². The van der Waals surface area contributed by atoms with E-state index in [1.807, 2.05) is 0 Å². The van der Waals surface area contributed by atoms with Gasteiger partial charge in [-0.25, -0.2) is 18.4 Å². The summed E-state index contributed by atoms with van der Waals surface area (Å²) in [5.74, 6) is 0.411. The van der Waals surface area contributed by atoms with Crippen LogP contribution in [0.25, 0.3) is 5.78 Å². The molecule has 0 spiro atoms. The fourth-order valence-corrected chi connectivity index (χ4v) is 2.77. The lowest BCUT2D eigenvalue weighted by atomic mass is 10.5. The third kappa shape index (κ3) is 2.96.